The number of carbonyl (C=O) groups excluding carboxylic acids is 1. The second-order valence-corrected chi connectivity index (χ2v) is 8.05. The fourth-order valence-electron chi connectivity index (χ4n) is 4.28. The summed E-state index contributed by atoms with van der Waals surface area (Å²) >= 11 is 0. The highest BCUT2D eigenvalue weighted by Gasteiger charge is 2.31. The third kappa shape index (κ3) is 4.59. The van der Waals surface area contributed by atoms with Gasteiger partial charge >= 0.3 is 6.01 Å². The van der Waals surface area contributed by atoms with Gasteiger partial charge in [0.25, 0.3) is 0 Å². The van der Waals surface area contributed by atoms with E-state index in [1.54, 1.807) is 7.11 Å². The molecule has 0 spiro atoms. The highest BCUT2D eigenvalue weighted by molar-refractivity contribution is 5.79. The third-order valence-electron chi connectivity index (χ3n) is 6.09. The molecule has 8 nitrogen and oxygen atoms in total. The van der Waals surface area contributed by atoms with E-state index in [-0.39, 0.29) is 5.92 Å². The quantitative estimate of drug-likeness (QED) is 0.720. The number of aromatic nitrogens is 2. The van der Waals surface area contributed by atoms with Crippen LogP contribution in [-0.2, 0) is 4.79 Å². The first kappa shape index (κ1) is 20.7. The van der Waals surface area contributed by atoms with Gasteiger partial charge in [-0.25, -0.2) is 0 Å². The van der Waals surface area contributed by atoms with Crippen LogP contribution in [0.1, 0.15) is 26.2 Å². The molecule has 0 bridgehead atoms. The Bertz CT molecular complexity index is 822. The Morgan fingerprint density at radius 1 is 1.07 bits per heavy atom. The summed E-state index contributed by atoms with van der Waals surface area (Å²) in [5.41, 5.74) is 0.863. The summed E-state index contributed by atoms with van der Waals surface area (Å²) in [6.45, 7) is 8.55. The zero-order valence-electron chi connectivity index (χ0n) is 17.9. The molecular formula is C22H31N5O3. The molecule has 1 amide bonds. The van der Waals surface area contributed by atoms with Gasteiger partial charge in [0, 0.05) is 50.7 Å². The topological polar surface area (TPSA) is 74.9 Å². The first-order chi connectivity index (χ1) is 14.7. The Labute approximate surface area is 177 Å². The number of carbonyl (C=O) groups is 1. The number of methoxy groups -OCH3 is 1. The molecule has 0 saturated carbocycles. The van der Waals surface area contributed by atoms with Crippen molar-refractivity contribution < 1.29 is 13.9 Å². The second kappa shape index (κ2) is 9.47. The summed E-state index contributed by atoms with van der Waals surface area (Å²) in [6.07, 6.45) is 2.82. The van der Waals surface area contributed by atoms with Crippen molar-refractivity contribution in [2.75, 3.05) is 57.8 Å². The SMILES string of the molecule is CCCN1CCN(C(=O)C2CCN(c3nnc(-c4ccc(OC)cc4)o3)CC2)CC1. The number of hydrogen-bond donors (Lipinski definition) is 0. The van der Waals surface area contributed by atoms with Crippen molar-refractivity contribution in [1.29, 1.82) is 0 Å². The lowest BCUT2D eigenvalue weighted by molar-refractivity contribution is -0.138. The van der Waals surface area contributed by atoms with E-state index in [0.717, 1.165) is 70.0 Å². The van der Waals surface area contributed by atoms with Gasteiger partial charge in [0.15, 0.2) is 0 Å². The van der Waals surface area contributed by atoms with Crippen LogP contribution in [0.4, 0.5) is 6.01 Å². The van der Waals surface area contributed by atoms with E-state index in [2.05, 4.69) is 31.8 Å². The summed E-state index contributed by atoms with van der Waals surface area (Å²) in [7, 11) is 1.64. The average molecular weight is 414 g/mol. The predicted molar refractivity (Wildman–Crippen MR) is 115 cm³/mol. The minimum atomic E-state index is 0.1000. The van der Waals surface area contributed by atoms with Crippen molar-refractivity contribution >= 4 is 11.9 Å². The van der Waals surface area contributed by atoms with Gasteiger partial charge in [-0.2, -0.15) is 0 Å². The van der Waals surface area contributed by atoms with E-state index < -0.39 is 0 Å². The highest BCUT2D eigenvalue weighted by atomic mass is 16.5. The lowest BCUT2D eigenvalue weighted by Gasteiger charge is -2.38. The number of piperazine rings is 1. The number of rotatable bonds is 6. The molecule has 0 unspecified atom stereocenters. The van der Waals surface area contributed by atoms with Gasteiger partial charge < -0.3 is 19.0 Å². The zero-order valence-corrected chi connectivity index (χ0v) is 17.9. The van der Waals surface area contributed by atoms with Gasteiger partial charge in [-0.15, -0.1) is 5.10 Å². The minimum absolute atomic E-state index is 0.1000. The molecule has 2 fully saturated rings. The fraction of sp³-hybridized carbons (Fsp3) is 0.591. The maximum Gasteiger partial charge on any atom is 0.318 e. The second-order valence-electron chi connectivity index (χ2n) is 8.05. The van der Waals surface area contributed by atoms with E-state index in [4.69, 9.17) is 9.15 Å². The van der Waals surface area contributed by atoms with Gasteiger partial charge in [0.1, 0.15) is 5.75 Å². The molecule has 2 saturated heterocycles. The van der Waals surface area contributed by atoms with Crippen LogP contribution in [0.3, 0.4) is 0 Å². The Balaban J connectivity index is 1.29. The lowest BCUT2D eigenvalue weighted by atomic mass is 9.95. The number of amides is 1. The molecule has 0 aliphatic carbocycles. The van der Waals surface area contributed by atoms with E-state index in [0.29, 0.717) is 17.8 Å². The predicted octanol–water partition coefficient (Wildman–Crippen LogP) is 2.52. The van der Waals surface area contributed by atoms with Crippen LogP contribution in [0, 0.1) is 5.92 Å². The molecule has 2 aliphatic rings. The first-order valence-corrected chi connectivity index (χ1v) is 10.9. The standard InChI is InChI=1S/C22H31N5O3/c1-3-10-25-13-15-26(16-14-25)21(28)18-8-11-27(12-9-18)22-24-23-20(30-22)17-4-6-19(29-2)7-5-17/h4-7,18H,3,8-16H2,1-2H3. The van der Waals surface area contributed by atoms with Crippen LogP contribution in [-0.4, -0.2) is 78.8 Å². The Morgan fingerprint density at radius 3 is 2.40 bits per heavy atom. The number of hydrogen-bond acceptors (Lipinski definition) is 7. The average Bonchev–Trinajstić information content (AvgIpc) is 3.30. The number of benzene rings is 1. The largest absolute Gasteiger partial charge is 0.497 e. The molecule has 2 aliphatic heterocycles. The Kier molecular flexibility index (Phi) is 6.52. The maximum atomic E-state index is 12.9. The van der Waals surface area contributed by atoms with Crippen LogP contribution in [0.15, 0.2) is 28.7 Å². The molecule has 0 N–H and O–H groups in total. The summed E-state index contributed by atoms with van der Waals surface area (Å²) < 4.78 is 11.1. The van der Waals surface area contributed by atoms with E-state index in [1.807, 2.05) is 24.3 Å². The molecule has 8 heteroatoms. The van der Waals surface area contributed by atoms with Gasteiger partial charge in [0.2, 0.25) is 11.8 Å². The number of ether oxygens (including phenoxy) is 1. The summed E-state index contributed by atoms with van der Waals surface area (Å²) in [5, 5.41) is 8.41. The molecule has 30 heavy (non-hydrogen) atoms. The number of anilines is 1. The van der Waals surface area contributed by atoms with E-state index in [9.17, 15) is 4.79 Å². The smallest absolute Gasteiger partial charge is 0.318 e. The summed E-state index contributed by atoms with van der Waals surface area (Å²) in [6, 6.07) is 8.08. The van der Waals surface area contributed by atoms with Crippen LogP contribution < -0.4 is 9.64 Å². The molecular weight excluding hydrogens is 382 g/mol. The molecule has 1 aromatic heterocycles. The van der Waals surface area contributed by atoms with Gasteiger partial charge in [-0.1, -0.05) is 12.0 Å². The lowest BCUT2D eigenvalue weighted by Crippen LogP contribution is -2.51. The fourth-order valence-corrected chi connectivity index (χ4v) is 4.28. The Morgan fingerprint density at radius 2 is 1.77 bits per heavy atom. The van der Waals surface area contributed by atoms with Gasteiger partial charge in [-0.05, 0) is 50.1 Å². The summed E-state index contributed by atoms with van der Waals surface area (Å²) in [5.74, 6) is 1.70. The summed E-state index contributed by atoms with van der Waals surface area (Å²) in [4.78, 5) is 19.5. The van der Waals surface area contributed by atoms with Gasteiger partial charge in [0.05, 0.1) is 7.11 Å². The zero-order chi connectivity index (χ0) is 20.9. The normalized spacial score (nSPS) is 18.6. The Hall–Kier alpha value is -2.61. The van der Waals surface area contributed by atoms with Crippen molar-refractivity contribution in [1.82, 2.24) is 20.0 Å². The highest BCUT2D eigenvalue weighted by Crippen LogP contribution is 2.27. The monoisotopic (exact) mass is 413 g/mol. The molecule has 0 radical (unpaired) electrons. The molecule has 0 atom stereocenters. The first-order valence-electron chi connectivity index (χ1n) is 10.9. The van der Waals surface area contributed by atoms with Gasteiger partial charge in [-0.3, -0.25) is 9.69 Å². The molecule has 3 heterocycles. The van der Waals surface area contributed by atoms with Crippen LogP contribution in [0.2, 0.25) is 0 Å². The number of nitrogens with zero attached hydrogens (tertiary/aromatic N) is 5. The van der Waals surface area contributed by atoms with Crippen LogP contribution >= 0.6 is 0 Å². The van der Waals surface area contributed by atoms with Crippen LogP contribution in [0.5, 0.6) is 5.75 Å². The van der Waals surface area contributed by atoms with E-state index >= 15 is 0 Å². The van der Waals surface area contributed by atoms with Crippen molar-refractivity contribution in [3.05, 3.63) is 24.3 Å². The maximum absolute atomic E-state index is 12.9. The third-order valence-corrected chi connectivity index (χ3v) is 6.09. The van der Waals surface area contributed by atoms with Crippen molar-refractivity contribution in [3.8, 4) is 17.2 Å². The molecule has 4 rings (SSSR count). The van der Waals surface area contributed by atoms with Crippen molar-refractivity contribution in [3.63, 3.8) is 0 Å². The molecule has 1 aromatic carbocycles. The molecule has 2 aromatic rings. The number of piperidine rings is 1. The van der Waals surface area contributed by atoms with Crippen molar-refractivity contribution in [2.24, 2.45) is 5.92 Å². The van der Waals surface area contributed by atoms with E-state index in [1.165, 1.54) is 6.42 Å². The molecule has 162 valence electrons. The van der Waals surface area contributed by atoms with Crippen molar-refractivity contribution in [2.45, 2.75) is 26.2 Å². The van der Waals surface area contributed by atoms with Crippen LogP contribution in [0.25, 0.3) is 11.5 Å². The minimum Gasteiger partial charge on any atom is -0.497 e.